The quantitative estimate of drug-likeness (QED) is 0.389. The summed E-state index contributed by atoms with van der Waals surface area (Å²) in [7, 11) is 0. The molecule has 0 bridgehead atoms. The predicted molar refractivity (Wildman–Crippen MR) is 73.4 cm³/mol. The number of nitrogen functional groups attached to an aromatic ring is 1. The van der Waals surface area contributed by atoms with Crippen molar-refractivity contribution >= 4 is 23.1 Å². The Bertz CT molecular complexity index is 690. The molecule has 8 heteroatoms. The van der Waals surface area contributed by atoms with E-state index in [1.165, 1.54) is 36.5 Å². The molecule has 7 nitrogen and oxygen atoms in total. The Morgan fingerprint density at radius 3 is 2.80 bits per heavy atom. The van der Waals surface area contributed by atoms with E-state index < -0.39 is 4.92 Å². The maximum absolute atomic E-state index is 10.7. The first-order valence-electron chi connectivity index (χ1n) is 5.39. The van der Waals surface area contributed by atoms with E-state index in [4.69, 9.17) is 27.5 Å². The number of benzene rings is 1. The minimum Gasteiger partial charge on any atom is -0.455 e. The van der Waals surface area contributed by atoms with Crippen LogP contribution >= 0.6 is 11.6 Å². The SMILES string of the molecule is N=C(N)c1cc(Oc2cc([N+](=O)[O-])ccc2Cl)ccn1. The lowest BCUT2D eigenvalue weighted by Gasteiger charge is -2.08. The van der Waals surface area contributed by atoms with Gasteiger partial charge in [0.25, 0.3) is 5.69 Å². The summed E-state index contributed by atoms with van der Waals surface area (Å²) in [5, 5.41) is 18.2. The highest BCUT2D eigenvalue weighted by molar-refractivity contribution is 6.32. The third-order valence-corrected chi connectivity index (χ3v) is 2.67. The summed E-state index contributed by atoms with van der Waals surface area (Å²) in [6, 6.07) is 6.85. The van der Waals surface area contributed by atoms with Gasteiger partial charge in [-0.05, 0) is 12.1 Å². The smallest absolute Gasteiger partial charge is 0.273 e. The lowest BCUT2D eigenvalue weighted by molar-refractivity contribution is -0.384. The Hall–Kier alpha value is -2.67. The summed E-state index contributed by atoms with van der Waals surface area (Å²) < 4.78 is 5.46. The summed E-state index contributed by atoms with van der Waals surface area (Å²) in [6.45, 7) is 0. The van der Waals surface area contributed by atoms with Crippen LogP contribution in [0.3, 0.4) is 0 Å². The van der Waals surface area contributed by atoms with Gasteiger partial charge in [0, 0.05) is 18.3 Å². The third-order valence-electron chi connectivity index (χ3n) is 2.36. The number of hydrogen-bond donors (Lipinski definition) is 2. The molecular formula is C12H9ClN4O3. The van der Waals surface area contributed by atoms with Crippen molar-refractivity contribution in [1.82, 2.24) is 4.98 Å². The van der Waals surface area contributed by atoms with Gasteiger partial charge in [-0.3, -0.25) is 20.5 Å². The Balaban J connectivity index is 2.34. The summed E-state index contributed by atoms with van der Waals surface area (Å²) in [5.41, 5.74) is 5.43. The summed E-state index contributed by atoms with van der Waals surface area (Å²) in [6.07, 6.45) is 1.41. The molecule has 0 radical (unpaired) electrons. The maximum atomic E-state index is 10.7. The van der Waals surface area contributed by atoms with Crippen molar-refractivity contribution in [3.63, 3.8) is 0 Å². The Labute approximate surface area is 118 Å². The number of rotatable bonds is 4. The zero-order valence-electron chi connectivity index (χ0n) is 10.0. The lowest BCUT2D eigenvalue weighted by Crippen LogP contribution is -2.12. The average molecular weight is 293 g/mol. The molecule has 2 aromatic rings. The van der Waals surface area contributed by atoms with Crippen molar-refractivity contribution in [3.8, 4) is 11.5 Å². The molecule has 20 heavy (non-hydrogen) atoms. The number of pyridine rings is 1. The first-order valence-corrected chi connectivity index (χ1v) is 5.77. The van der Waals surface area contributed by atoms with Crippen LogP contribution in [-0.4, -0.2) is 15.7 Å². The van der Waals surface area contributed by atoms with Crippen molar-refractivity contribution in [2.45, 2.75) is 0 Å². The molecule has 0 unspecified atom stereocenters. The molecule has 0 spiro atoms. The second-order valence-electron chi connectivity index (χ2n) is 3.76. The van der Waals surface area contributed by atoms with Crippen LogP contribution in [0.2, 0.25) is 5.02 Å². The summed E-state index contributed by atoms with van der Waals surface area (Å²) in [5.74, 6) is 0.259. The van der Waals surface area contributed by atoms with Crippen molar-refractivity contribution in [2.24, 2.45) is 5.73 Å². The molecule has 102 valence electrons. The van der Waals surface area contributed by atoms with Gasteiger partial charge in [0.15, 0.2) is 5.75 Å². The van der Waals surface area contributed by atoms with Crippen LogP contribution in [0.1, 0.15) is 5.69 Å². The van der Waals surface area contributed by atoms with Crippen LogP contribution in [0.15, 0.2) is 36.5 Å². The van der Waals surface area contributed by atoms with E-state index in [2.05, 4.69) is 4.98 Å². The topological polar surface area (TPSA) is 115 Å². The molecule has 1 heterocycles. The maximum Gasteiger partial charge on any atom is 0.273 e. The van der Waals surface area contributed by atoms with E-state index in [9.17, 15) is 10.1 Å². The molecule has 0 aliphatic rings. The van der Waals surface area contributed by atoms with Crippen molar-refractivity contribution in [1.29, 1.82) is 5.41 Å². The summed E-state index contributed by atoms with van der Waals surface area (Å²) >= 11 is 5.92. The average Bonchev–Trinajstić information content (AvgIpc) is 2.41. The lowest BCUT2D eigenvalue weighted by atomic mass is 10.3. The third kappa shape index (κ3) is 3.01. The Kier molecular flexibility index (Phi) is 3.81. The van der Waals surface area contributed by atoms with Gasteiger partial charge in [-0.1, -0.05) is 11.6 Å². The fourth-order valence-corrected chi connectivity index (χ4v) is 1.59. The first kappa shape index (κ1) is 13.8. The zero-order chi connectivity index (χ0) is 14.7. The fourth-order valence-electron chi connectivity index (χ4n) is 1.43. The van der Waals surface area contributed by atoms with E-state index in [0.717, 1.165) is 0 Å². The van der Waals surface area contributed by atoms with Gasteiger partial charge in [-0.15, -0.1) is 0 Å². The normalized spacial score (nSPS) is 10.1. The molecule has 1 aromatic carbocycles. The highest BCUT2D eigenvalue weighted by atomic mass is 35.5. The molecule has 0 atom stereocenters. The number of aromatic nitrogens is 1. The molecule has 0 amide bonds. The molecule has 1 aromatic heterocycles. The number of ether oxygens (including phenoxy) is 1. The summed E-state index contributed by atoms with van der Waals surface area (Å²) in [4.78, 5) is 14.0. The van der Waals surface area contributed by atoms with Gasteiger partial charge in [0.1, 0.15) is 17.3 Å². The highest BCUT2D eigenvalue weighted by Gasteiger charge is 2.12. The number of nitro benzene ring substituents is 1. The molecule has 0 aliphatic carbocycles. The standard InChI is InChI=1S/C12H9ClN4O3/c13-9-2-1-7(17(18)19)5-11(9)20-8-3-4-16-10(6-8)12(14)15/h1-6H,(H3,14,15). The van der Waals surface area contributed by atoms with Crippen LogP contribution in [0, 0.1) is 15.5 Å². The number of halogens is 1. The number of hydrogen-bond acceptors (Lipinski definition) is 5. The molecule has 0 saturated heterocycles. The van der Waals surface area contributed by atoms with E-state index >= 15 is 0 Å². The number of nitrogens with two attached hydrogens (primary N) is 1. The first-order chi connectivity index (χ1) is 9.47. The van der Waals surface area contributed by atoms with Gasteiger partial charge in [-0.25, -0.2) is 0 Å². The van der Waals surface area contributed by atoms with E-state index in [1.807, 2.05) is 0 Å². The number of nitro groups is 1. The fraction of sp³-hybridized carbons (Fsp3) is 0. The molecule has 0 saturated carbocycles. The van der Waals surface area contributed by atoms with Gasteiger partial charge < -0.3 is 10.5 Å². The van der Waals surface area contributed by atoms with E-state index in [-0.39, 0.29) is 28.0 Å². The molecule has 2 rings (SSSR count). The van der Waals surface area contributed by atoms with E-state index in [0.29, 0.717) is 5.75 Å². The second-order valence-corrected chi connectivity index (χ2v) is 4.17. The van der Waals surface area contributed by atoms with Crippen LogP contribution < -0.4 is 10.5 Å². The molecule has 0 aliphatic heterocycles. The Morgan fingerprint density at radius 1 is 1.40 bits per heavy atom. The molecular weight excluding hydrogens is 284 g/mol. The van der Waals surface area contributed by atoms with Crippen LogP contribution in [0.5, 0.6) is 11.5 Å². The van der Waals surface area contributed by atoms with Gasteiger partial charge in [0.05, 0.1) is 16.0 Å². The van der Waals surface area contributed by atoms with Crippen LogP contribution in [0.4, 0.5) is 5.69 Å². The van der Waals surface area contributed by atoms with Gasteiger partial charge in [0.2, 0.25) is 0 Å². The van der Waals surface area contributed by atoms with Gasteiger partial charge >= 0.3 is 0 Å². The van der Waals surface area contributed by atoms with E-state index in [1.54, 1.807) is 0 Å². The minimum absolute atomic E-state index is 0.134. The van der Waals surface area contributed by atoms with Crippen LogP contribution in [-0.2, 0) is 0 Å². The number of nitrogens with one attached hydrogen (secondary N) is 1. The number of nitrogens with zero attached hydrogens (tertiary/aromatic N) is 2. The Morgan fingerprint density at radius 2 is 2.15 bits per heavy atom. The zero-order valence-corrected chi connectivity index (χ0v) is 10.8. The molecule has 0 fully saturated rings. The minimum atomic E-state index is -0.545. The molecule has 3 N–H and O–H groups in total. The predicted octanol–water partition coefficient (Wildman–Crippen LogP) is 2.72. The van der Waals surface area contributed by atoms with Gasteiger partial charge in [-0.2, -0.15) is 0 Å². The van der Waals surface area contributed by atoms with Crippen molar-refractivity contribution in [3.05, 3.63) is 57.4 Å². The van der Waals surface area contributed by atoms with Crippen molar-refractivity contribution < 1.29 is 9.66 Å². The second kappa shape index (κ2) is 5.54. The highest BCUT2D eigenvalue weighted by Crippen LogP contribution is 2.32. The van der Waals surface area contributed by atoms with Crippen LogP contribution in [0.25, 0.3) is 0 Å². The number of amidine groups is 1. The largest absolute Gasteiger partial charge is 0.455 e. The monoisotopic (exact) mass is 292 g/mol. The number of non-ortho nitro benzene ring substituents is 1. The van der Waals surface area contributed by atoms with Crippen molar-refractivity contribution in [2.75, 3.05) is 0 Å².